The fraction of sp³-hybridized carbons (Fsp3) is 0.188. The number of benzene rings is 2. The molecule has 0 aliphatic heterocycles. The third-order valence-electron chi connectivity index (χ3n) is 3.01. The van der Waals surface area contributed by atoms with E-state index in [4.69, 9.17) is 4.74 Å². The van der Waals surface area contributed by atoms with Gasteiger partial charge in [-0.3, -0.25) is 4.79 Å². The van der Waals surface area contributed by atoms with Crippen LogP contribution in [0.3, 0.4) is 0 Å². The van der Waals surface area contributed by atoms with Crippen molar-refractivity contribution < 1.29 is 9.53 Å². The van der Waals surface area contributed by atoms with Gasteiger partial charge >= 0.3 is 0 Å². The summed E-state index contributed by atoms with van der Waals surface area (Å²) in [4.78, 5) is 11.2. The molecule has 0 unspecified atom stereocenters. The number of methoxy groups -OCH3 is 1. The third-order valence-corrected chi connectivity index (χ3v) is 3.01. The SMILES string of the molecule is COc1ccc2cc(/C=C(/C)C(C)=O)ccc2c1. The van der Waals surface area contributed by atoms with Crippen LogP contribution in [-0.4, -0.2) is 12.9 Å². The molecule has 0 heterocycles. The second-order valence-electron chi connectivity index (χ2n) is 4.36. The molecule has 2 nitrogen and oxygen atoms in total. The zero-order valence-corrected chi connectivity index (χ0v) is 10.9. The summed E-state index contributed by atoms with van der Waals surface area (Å²) in [6.07, 6.45) is 1.91. The molecule has 0 bridgehead atoms. The van der Waals surface area contributed by atoms with Gasteiger partial charge in [0.2, 0.25) is 0 Å². The Kier molecular flexibility index (Phi) is 3.47. The maximum Gasteiger partial charge on any atom is 0.155 e. The number of Topliss-reactive ketones (excluding diaryl/α,β-unsaturated/α-hetero) is 1. The van der Waals surface area contributed by atoms with Gasteiger partial charge in [-0.2, -0.15) is 0 Å². The van der Waals surface area contributed by atoms with Crippen LogP contribution in [0.25, 0.3) is 16.8 Å². The van der Waals surface area contributed by atoms with E-state index in [0.717, 1.165) is 27.7 Å². The molecule has 2 rings (SSSR count). The summed E-state index contributed by atoms with van der Waals surface area (Å²) >= 11 is 0. The quantitative estimate of drug-likeness (QED) is 0.762. The fourth-order valence-corrected chi connectivity index (χ4v) is 1.81. The minimum absolute atomic E-state index is 0.102. The molecule has 2 aromatic rings. The van der Waals surface area contributed by atoms with E-state index in [2.05, 4.69) is 6.07 Å². The van der Waals surface area contributed by atoms with Crippen LogP contribution in [-0.2, 0) is 4.79 Å². The van der Waals surface area contributed by atoms with Crippen molar-refractivity contribution in [3.8, 4) is 5.75 Å². The van der Waals surface area contributed by atoms with Crippen LogP contribution in [0.15, 0.2) is 42.0 Å². The van der Waals surface area contributed by atoms with E-state index in [9.17, 15) is 4.79 Å². The molecule has 0 fully saturated rings. The average Bonchev–Trinajstić information content (AvgIpc) is 2.37. The highest BCUT2D eigenvalue weighted by Crippen LogP contribution is 2.22. The normalized spacial score (nSPS) is 11.6. The molecule has 0 amide bonds. The molecule has 2 heteroatoms. The molecule has 0 saturated heterocycles. The number of carbonyl (C=O) groups excluding carboxylic acids is 1. The summed E-state index contributed by atoms with van der Waals surface area (Å²) < 4.78 is 5.19. The van der Waals surface area contributed by atoms with Crippen molar-refractivity contribution in [3.05, 3.63) is 47.5 Å². The summed E-state index contributed by atoms with van der Waals surface area (Å²) in [5.41, 5.74) is 1.81. The molecule has 0 aliphatic carbocycles. The molecule has 18 heavy (non-hydrogen) atoms. The Morgan fingerprint density at radius 3 is 2.39 bits per heavy atom. The summed E-state index contributed by atoms with van der Waals surface area (Å²) in [6.45, 7) is 3.41. The number of rotatable bonds is 3. The minimum Gasteiger partial charge on any atom is -0.497 e. The van der Waals surface area contributed by atoms with E-state index in [-0.39, 0.29) is 5.78 Å². The highest BCUT2D eigenvalue weighted by atomic mass is 16.5. The first-order valence-corrected chi connectivity index (χ1v) is 5.87. The number of allylic oxidation sites excluding steroid dienone is 1. The van der Waals surface area contributed by atoms with E-state index in [0.29, 0.717) is 0 Å². The predicted molar refractivity (Wildman–Crippen MR) is 74.8 cm³/mol. The Balaban J connectivity index is 2.45. The smallest absolute Gasteiger partial charge is 0.155 e. The number of fused-ring (bicyclic) bond motifs is 1. The predicted octanol–water partition coefficient (Wildman–Crippen LogP) is 3.84. The van der Waals surface area contributed by atoms with Crippen LogP contribution in [0, 0.1) is 0 Å². The number of ether oxygens (including phenoxy) is 1. The lowest BCUT2D eigenvalue weighted by atomic mass is 10.0. The summed E-state index contributed by atoms with van der Waals surface area (Å²) in [6, 6.07) is 12.1. The van der Waals surface area contributed by atoms with Crippen molar-refractivity contribution >= 4 is 22.6 Å². The Morgan fingerprint density at radius 2 is 1.72 bits per heavy atom. The highest BCUT2D eigenvalue weighted by molar-refractivity contribution is 5.97. The van der Waals surface area contributed by atoms with Gasteiger partial charge in [0, 0.05) is 0 Å². The molecule has 0 aliphatic rings. The summed E-state index contributed by atoms with van der Waals surface area (Å²) in [5, 5.41) is 2.27. The lowest BCUT2D eigenvalue weighted by molar-refractivity contribution is -0.113. The lowest BCUT2D eigenvalue weighted by Crippen LogP contribution is -1.90. The van der Waals surface area contributed by atoms with Crippen molar-refractivity contribution in [3.63, 3.8) is 0 Å². The number of hydrogen-bond donors (Lipinski definition) is 0. The largest absolute Gasteiger partial charge is 0.497 e. The van der Waals surface area contributed by atoms with E-state index in [1.165, 1.54) is 0 Å². The Labute approximate surface area is 107 Å². The van der Waals surface area contributed by atoms with Crippen LogP contribution in [0.4, 0.5) is 0 Å². The molecular weight excluding hydrogens is 224 g/mol. The fourth-order valence-electron chi connectivity index (χ4n) is 1.81. The zero-order chi connectivity index (χ0) is 13.1. The van der Waals surface area contributed by atoms with Gasteiger partial charge in [-0.25, -0.2) is 0 Å². The van der Waals surface area contributed by atoms with Gasteiger partial charge in [-0.15, -0.1) is 0 Å². The van der Waals surface area contributed by atoms with Gasteiger partial charge in [0.05, 0.1) is 7.11 Å². The second kappa shape index (κ2) is 5.05. The zero-order valence-electron chi connectivity index (χ0n) is 10.9. The van der Waals surface area contributed by atoms with Crippen LogP contribution < -0.4 is 4.74 Å². The molecule has 92 valence electrons. The molecule has 0 radical (unpaired) electrons. The van der Waals surface area contributed by atoms with Crippen molar-refractivity contribution in [2.75, 3.05) is 7.11 Å². The Hall–Kier alpha value is -2.09. The third kappa shape index (κ3) is 2.59. The number of hydrogen-bond acceptors (Lipinski definition) is 2. The monoisotopic (exact) mass is 240 g/mol. The standard InChI is InChI=1S/C16H16O2/c1-11(12(2)17)8-13-4-5-15-10-16(18-3)7-6-14(15)9-13/h4-10H,1-3H3/b11-8-. The number of carbonyl (C=O) groups is 1. The van der Waals surface area contributed by atoms with E-state index in [1.54, 1.807) is 14.0 Å². The van der Waals surface area contributed by atoms with Crippen LogP contribution in [0.5, 0.6) is 5.75 Å². The van der Waals surface area contributed by atoms with Gasteiger partial charge in [0.1, 0.15) is 5.75 Å². The average molecular weight is 240 g/mol. The summed E-state index contributed by atoms with van der Waals surface area (Å²) in [5.74, 6) is 0.954. The van der Waals surface area contributed by atoms with Gasteiger partial charge < -0.3 is 4.74 Å². The minimum atomic E-state index is 0.102. The molecular formula is C16H16O2. The highest BCUT2D eigenvalue weighted by Gasteiger charge is 2.00. The Bertz CT molecular complexity index is 624. The first-order valence-electron chi connectivity index (χ1n) is 5.87. The van der Waals surface area contributed by atoms with Gasteiger partial charge in [0.25, 0.3) is 0 Å². The van der Waals surface area contributed by atoms with Gasteiger partial charge in [-0.05, 0) is 60.0 Å². The van der Waals surface area contributed by atoms with E-state index >= 15 is 0 Å². The van der Waals surface area contributed by atoms with Gasteiger partial charge in [0.15, 0.2) is 5.78 Å². The van der Waals surface area contributed by atoms with Crippen molar-refractivity contribution in [1.82, 2.24) is 0 Å². The van der Waals surface area contributed by atoms with Gasteiger partial charge in [-0.1, -0.05) is 18.2 Å². The molecule has 2 aromatic carbocycles. The molecule has 0 aromatic heterocycles. The maximum atomic E-state index is 11.2. The van der Waals surface area contributed by atoms with E-state index < -0.39 is 0 Å². The lowest BCUT2D eigenvalue weighted by Gasteiger charge is -2.04. The molecule has 0 spiro atoms. The van der Waals surface area contributed by atoms with Crippen LogP contribution >= 0.6 is 0 Å². The molecule has 0 atom stereocenters. The maximum absolute atomic E-state index is 11.2. The Morgan fingerprint density at radius 1 is 1.06 bits per heavy atom. The van der Waals surface area contributed by atoms with E-state index in [1.807, 2.05) is 43.3 Å². The van der Waals surface area contributed by atoms with Crippen molar-refractivity contribution in [1.29, 1.82) is 0 Å². The molecule has 0 N–H and O–H groups in total. The van der Waals surface area contributed by atoms with Crippen molar-refractivity contribution in [2.24, 2.45) is 0 Å². The first-order chi connectivity index (χ1) is 8.60. The topological polar surface area (TPSA) is 26.3 Å². The van der Waals surface area contributed by atoms with Crippen molar-refractivity contribution in [2.45, 2.75) is 13.8 Å². The second-order valence-corrected chi connectivity index (χ2v) is 4.36. The number of ketones is 1. The van der Waals surface area contributed by atoms with Crippen LogP contribution in [0.2, 0.25) is 0 Å². The molecule has 0 saturated carbocycles. The first kappa shape index (κ1) is 12.4. The van der Waals surface area contributed by atoms with Crippen LogP contribution in [0.1, 0.15) is 19.4 Å². The summed E-state index contributed by atoms with van der Waals surface area (Å²) in [7, 11) is 1.66.